The second-order valence-corrected chi connectivity index (χ2v) is 34.5. The van der Waals surface area contributed by atoms with Gasteiger partial charge in [0.15, 0.2) is 29.2 Å². The first kappa shape index (κ1) is 84.0. The molecular weight excluding hydrogens is 1530 g/mol. The molecular formula is C75H95Cl2N7O23S3. The maximum absolute atomic E-state index is 14.9. The molecule has 110 heavy (non-hydrogen) atoms. The number of hydrogen-bond acceptors (Lipinski definition) is 29. The number of amides is 4. The number of carbonyl (C=O) groups is 7. The Morgan fingerprint density at radius 1 is 0.682 bits per heavy atom. The highest BCUT2D eigenvalue weighted by molar-refractivity contribution is 8.01. The van der Waals surface area contributed by atoms with Crippen LogP contribution in [-0.4, -0.2) is 258 Å². The summed E-state index contributed by atoms with van der Waals surface area (Å²) in [6.45, 7) is 10.9. The maximum atomic E-state index is 14.9. The fourth-order valence-corrected chi connectivity index (χ4v) is 18.9. The highest BCUT2D eigenvalue weighted by Crippen LogP contribution is 2.51. The lowest BCUT2D eigenvalue weighted by atomic mass is 9.92. The van der Waals surface area contributed by atoms with Gasteiger partial charge in [0, 0.05) is 30.0 Å². The van der Waals surface area contributed by atoms with Crippen molar-refractivity contribution in [2.75, 3.05) is 52.9 Å². The number of fused-ring (bicyclic) bond motifs is 3. The van der Waals surface area contributed by atoms with Gasteiger partial charge in [-0.25, -0.2) is 14.4 Å². The quantitative estimate of drug-likeness (QED) is 0.0139. The number of likely N-dealkylation sites (tertiary alicyclic amines) is 2. The second kappa shape index (κ2) is 35.6. The molecule has 3 aromatic carbocycles. The number of halogens is 2. The van der Waals surface area contributed by atoms with Gasteiger partial charge in [-0.15, -0.1) is 58.5 Å². The molecule has 6 fully saturated rings. The van der Waals surface area contributed by atoms with Crippen molar-refractivity contribution in [2.24, 2.45) is 17.6 Å². The smallest absolute Gasteiger partial charge is 0.374 e. The van der Waals surface area contributed by atoms with Gasteiger partial charge in [0.05, 0.1) is 34.9 Å². The van der Waals surface area contributed by atoms with Crippen LogP contribution in [0.5, 0.6) is 17.2 Å². The molecule has 6 aliphatic rings. The number of thioether (sulfide) groups is 3. The number of alkyl halides is 2. The van der Waals surface area contributed by atoms with Crippen LogP contribution < -0.4 is 42.0 Å². The number of benzene rings is 3. The van der Waals surface area contributed by atoms with E-state index in [-0.39, 0.29) is 51.0 Å². The molecule has 5 aromatic rings. The zero-order valence-corrected chi connectivity index (χ0v) is 66.2. The summed E-state index contributed by atoms with van der Waals surface area (Å²) >= 11 is 16.7. The Morgan fingerprint density at radius 3 is 1.55 bits per heavy atom. The standard InChI is InChI=1S/C75H95Cl2N7O23S3/c1-11-15-35-25-40(82(7)29-35)65(92)79-53(33(3)76)60-56(88)62(58(90)73(106-60)108-9)104-70(96)48-27-42(86)50-44(17-13-19-46(50)102-48)99-31-39(101-72(98)64-75(5,6)110-69-55(68(95)84(64)69)81-67(94)52(78)37-21-23-38(85)24-22-37)32-100-45-18-14-20-47-51(45)43(87)28-49(103-47)71(97)105-63-57(89)61(107-74(109-10)59(63)91)54(34(4)77)80-66(93)41-26-36(16-12-2)30-83(41)8/h13-14,17-24,27-28,33-36,39-41,52-64,69,73-74,85,88-91H,11-12,15-16,25-26,29-32,78H2,1-10H3,(H,79,92)(H,80,93)(H,81,94). The first-order valence-electron chi connectivity index (χ1n) is 36.5. The number of ether oxygens (including phenoxy) is 7. The summed E-state index contributed by atoms with van der Waals surface area (Å²) in [5, 5.41) is 62.4. The van der Waals surface area contributed by atoms with Crippen LogP contribution in [0.2, 0.25) is 0 Å². The Labute approximate surface area is 657 Å². The normalized spacial score (nSPS) is 29.7. The van der Waals surface area contributed by atoms with E-state index in [1.807, 2.05) is 23.9 Å². The summed E-state index contributed by atoms with van der Waals surface area (Å²) in [5.74, 6) is -6.58. The number of nitrogens with zero attached hydrogens (tertiary/aromatic N) is 3. The van der Waals surface area contributed by atoms with Crippen molar-refractivity contribution < 1.29 is 101 Å². The number of carbonyl (C=O) groups excluding carboxylic acids is 7. The summed E-state index contributed by atoms with van der Waals surface area (Å²) < 4.78 is 53.6. The van der Waals surface area contributed by atoms with Crippen molar-refractivity contribution in [3.63, 3.8) is 0 Å². The zero-order valence-electron chi connectivity index (χ0n) is 62.3. The van der Waals surface area contributed by atoms with Gasteiger partial charge in [-0.1, -0.05) is 51.0 Å². The van der Waals surface area contributed by atoms with Crippen molar-refractivity contribution in [1.29, 1.82) is 0 Å². The van der Waals surface area contributed by atoms with Gasteiger partial charge in [-0.2, -0.15) is 0 Å². The Morgan fingerprint density at radius 2 is 1.13 bits per heavy atom. The highest BCUT2D eigenvalue weighted by atomic mass is 35.5. The zero-order chi connectivity index (χ0) is 79.6. The lowest BCUT2D eigenvalue weighted by Crippen LogP contribution is -2.71. The summed E-state index contributed by atoms with van der Waals surface area (Å²) in [6.07, 6.45) is -6.09. The molecule has 0 saturated carbocycles. The van der Waals surface area contributed by atoms with Gasteiger partial charge in [-0.3, -0.25) is 38.6 Å². The summed E-state index contributed by atoms with van der Waals surface area (Å²) in [5.41, 5.74) is 2.31. The minimum absolute atomic E-state index is 0.0507. The van der Waals surface area contributed by atoms with E-state index >= 15 is 0 Å². The molecule has 8 heterocycles. The van der Waals surface area contributed by atoms with E-state index < -0.39 is 194 Å². The minimum atomic E-state index is -1.78. The highest BCUT2D eigenvalue weighted by Gasteiger charge is 2.65. The van der Waals surface area contributed by atoms with Gasteiger partial charge < -0.3 is 94.1 Å². The molecule has 35 heteroatoms. The van der Waals surface area contributed by atoms with E-state index in [9.17, 15) is 68.7 Å². The number of nitrogens with one attached hydrogen (secondary N) is 3. The number of aliphatic hydroxyl groups excluding tert-OH is 4. The van der Waals surface area contributed by atoms with E-state index in [2.05, 4.69) is 29.8 Å². The monoisotopic (exact) mass is 1630 g/mol. The van der Waals surface area contributed by atoms with Crippen LogP contribution in [0.1, 0.15) is 113 Å². The van der Waals surface area contributed by atoms with Crippen LogP contribution >= 0.6 is 58.5 Å². The molecule has 0 aliphatic carbocycles. The predicted octanol–water partition coefficient (Wildman–Crippen LogP) is 4.36. The van der Waals surface area contributed by atoms with Gasteiger partial charge in [-0.05, 0) is 134 Å². The molecule has 2 aromatic heterocycles. The lowest BCUT2D eigenvalue weighted by molar-refractivity contribution is -0.206. The van der Waals surface area contributed by atoms with E-state index in [0.717, 1.165) is 61.3 Å². The number of hydrogen-bond donors (Lipinski definition) is 9. The van der Waals surface area contributed by atoms with Crippen LogP contribution in [0, 0.1) is 11.8 Å². The molecule has 4 amide bonds. The van der Waals surface area contributed by atoms with Crippen LogP contribution in [0.15, 0.2) is 91.2 Å². The Bertz CT molecular complexity index is 4110. The second-order valence-electron chi connectivity index (χ2n) is 29.4. The van der Waals surface area contributed by atoms with Gasteiger partial charge >= 0.3 is 17.9 Å². The Kier molecular flexibility index (Phi) is 27.2. The fourth-order valence-electron chi connectivity index (χ4n) is 15.6. The third-order valence-corrected chi connectivity index (χ3v) is 25.0. The molecule has 11 rings (SSSR count). The van der Waals surface area contributed by atoms with Crippen LogP contribution in [-0.2, 0) is 47.7 Å². The van der Waals surface area contributed by atoms with Crippen LogP contribution in [0.3, 0.4) is 0 Å². The number of rotatable bonds is 29. The number of phenols is 1. The SMILES string of the molecule is CCCC1CC(C(=O)NC(C(C)Cl)C2OC(SC)C(O)C(OC(=O)c3cc(=O)c4c(OCC(COc5cccc6oc(C(=O)OC7C(O)C(SC)OC(C(NC(=O)C8CC(CCC)CN8C)C(C)Cl)C7O)cc(=O)c56)OC(=O)C5N6C(=O)C(NC(=O)C(N)c7ccc(O)cc7)C6SC5(C)C)cccc4o3)C2O)N(C)C1. The van der Waals surface area contributed by atoms with E-state index in [4.69, 9.17) is 70.9 Å². The van der Waals surface area contributed by atoms with Crippen molar-refractivity contribution in [3.8, 4) is 17.2 Å². The number of likely N-dealkylation sites (N-methyl/N-ethyl adjacent to an activating group) is 2. The number of phenolic OH excluding ortho intramolecular Hbond substituents is 1. The van der Waals surface area contributed by atoms with E-state index in [1.54, 1.807) is 40.2 Å². The predicted molar refractivity (Wildman–Crippen MR) is 409 cm³/mol. The summed E-state index contributed by atoms with van der Waals surface area (Å²) in [7, 11) is 3.71. The molecule has 600 valence electrons. The molecule has 22 atom stereocenters. The van der Waals surface area contributed by atoms with Crippen molar-refractivity contribution in [1.82, 2.24) is 30.7 Å². The molecule has 10 N–H and O–H groups in total. The third kappa shape index (κ3) is 17.8. The topological polar surface area (TPSA) is 418 Å². The van der Waals surface area contributed by atoms with Crippen molar-refractivity contribution in [3.05, 3.63) is 110 Å². The Balaban J connectivity index is 0.824. The van der Waals surface area contributed by atoms with Crippen molar-refractivity contribution in [2.45, 2.75) is 209 Å². The summed E-state index contributed by atoms with van der Waals surface area (Å²) in [4.78, 5) is 132. The number of β-lactam (4-membered cyclic amide) rings is 1. The largest absolute Gasteiger partial charge is 0.508 e. The number of esters is 3. The number of nitrogens with two attached hydrogens (primary N) is 1. The average molecular weight is 1630 g/mol. The number of aliphatic hydroxyl groups is 4. The van der Waals surface area contributed by atoms with E-state index in [1.165, 1.54) is 77.3 Å². The van der Waals surface area contributed by atoms with Gasteiger partial charge in [0.1, 0.15) is 123 Å². The van der Waals surface area contributed by atoms with E-state index in [0.29, 0.717) is 43.3 Å². The maximum Gasteiger partial charge on any atom is 0.374 e. The fraction of sp³-hybridized carbons (Fsp3) is 0.587. The molecule has 6 aliphatic heterocycles. The Hall–Kier alpha value is -6.96. The van der Waals surface area contributed by atoms with Crippen molar-refractivity contribution >= 4 is 122 Å². The molecule has 0 spiro atoms. The molecule has 22 unspecified atom stereocenters. The summed E-state index contributed by atoms with van der Waals surface area (Å²) in [6, 6.07) is 8.88. The first-order valence-corrected chi connectivity index (χ1v) is 40.9. The van der Waals surface area contributed by atoms with Crippen LogP contribution in [0.4, 0.5) is 0 Å². The van der Waals surface area contributed by atoms with Gasteiger partial charge in [0.2, 0.25) is 35.1 Å². The van der Waals surface area contributed by atoms with Gasteiger partial charge in [0.25, 0.3) is 0 Å². The van der Waals surface area contributed by atoms with Crippen LogP contribution in [0.25, 0.3) is 21.9 Å². The third-order valence-electron chi connectivity index (χ3n) is 21.2. The molecule has 0 bridgehead atoms. The lowest BCUT2D eigenvalue weighted by Gasteiger charge is -2.45. The molecule has 0 radical (unpaired) electrons. The molecule has 6 saturated heterocycles. The number of aromatic hydroxyl groups is 1. The first-order chi connectivity index (χ1) is 52.3. The minimum Gasteiger partial charge on any atom is -0.508 e. The molecule has 30 nitrogen and oxygen atoms in total. The average Bonchev–Trinajstić information content (AvgIpc) is 1.55.